The Labute approximate surface area is 99.7 Å². The van der Waals surface area contributed by atoms with Crippen molar-refractivity contribution in [3.63, 3.8) is 0 Å². The quantitative estimate of drug-likeness (QED) is 0.821. The molecule has 0 aromatic heterocycles. The van der Waals surface area contributed by atoms with E-state index in [1.165, 1.54) is 0 Å². The molecule has 0 saturated carbocycles. The molecule has 1 unspecified atom stereocenters. The van der Waals surface area contributed by atoms with Crippen LogP contribution in [0.2, 0.25) is 5.02 Å². The number of fused-ring (bicyclic) bond motifs is 1. The first-order valence-corrected chi connectivity index (χ1v) is 5.66. The van der Waals surface area contributed by atoms with E-state index in [0.717, 1.165) is 17.7 Å². The Morgan fingerprint density at radius 3 is 3.06 bits per heavy atom. The molecule has 0 saturated heterocycles. The maximum atomic E-state index is 11.7. The molecule has 1 aromatic rings. The van der Waals surface area contributed by atoms with Crippen LogP contribution in [0.3, 0.4) is 0 Å². The Morgan fingerprint density at radius 1 is 1.62 bits per heavy atom. The van der Waals surface area contributed by atoms with Crippen molar-refractivity contribution in [2.24, 2.45) is 0 Å². The number of rotatable bonds is 3. The van der Waals surface area contributed by atoms with Crippen molar-refractivity contribution in [3.05, 3.63) is 28.3 Å². The van der Waals surface area contributed by atoms with Gasteiger partial charge in [0.15, 0.2) is 5.78 Å². The molecule has 2 rings (SSSR count). The second-order valence-corrected chi connectivity index (χ2v) is 4.44. The van der Waals surface area contributed by atoms with Gasteiger partial charge in [-0.1, -0.05) is 11.6 Å². The van der Waals surface area contributed by atoms with Crippen LogP contribution in [0.1, 0.15) is 22.8 Å². The van der Waals surface area contributed by atoms with Crippen LogP contribution in [-0.2, 0) is 6.42 Å². The van der Waals surface area contributed by atoms with Crippen LogP contribution < -0.4 is 10.1 Å². The number of ketones is 1. The summed E-state index contributed by atoms with van der Waals surface area (Å²) in [5.74, 6) is 0.780. The van der Waals surface area contributed by atoms with E-state index in [4.69, 9.17) is 16.3 Å². The van der Waals surface area contributed by atoms with Crippen molar-refractivity contribution in [1.82, 2.24) is 5.32 Å². The van der Waals surface area contributed by atoms with Gasteiger partial charge in [0, 0.05) is 17.5 Å². The molecular formula is C12H14ClNO2. The summed E-state index contributed by atoms with van der Waals surface area (Å²) in [5.41, 5.74) is 1.68. The van der Waals surface area contributed by atoms with E-state index < -0.39 is 0 Å². The van der Waals surface area contributed by atoms with Gasteiger partial charge in [-0.15, -0.1) is 0 Å². The number of likely N-dealkylation sites (N-methyl/N-ethyl adjacent to an activating group) is 1. The van der Waals surface area contributed by atoms with Crippen molar-refractivity contribution >= 4 is 17.4 Å². The lowest BCUT2D eigenvalue weighted by Crippen LogP contribution is -2.18. The Hall–Kier alpha value is -1.06. The van der Waals surface area contributed by atoms with Crippen molar-refractivity contribution in [3.8, 4) is 5.75 Å². The molecule has 0 amide bonds. The minimum absolute atomic E-state index is 0.0479. The largest absolute Gasteiger partial charge is 0.489 e. The number of carbonyl (C=O) groups excluding carboxylic acids is 1. The van der Waals surface area contributed by atoms with Gasteiger partial charge in [-0.05, 0) is 26.1 Å². The van der Waals surface area contributed by atoms with Crippen molar-refractivity contribution in [2.75, 3.05) is 13.6 Å². The Balaban J connectivity index is 2.34. The summed E-state index contributed by atoms with van der Waals surface area (Å²) in [6.07, 6.45) is 0.956. The molecule has 1 aromatic carbocycles. The van der Waals surface area contributed by atoms with Gasteiger partial charge in [-0.2, -0.15) is 0 Å². The molecule has 4 heteroatoms. The predicted octanol–water partition coefficient (Wildman–Crippen LogP) is 2.07. The number of nitrogens with one attached hydrogen (secondary N) is 1. The van der Waals surface area contributed by atoms with E-state index in [2.05, 4.69) is 5.32 Å². The third kappa shape index (κ3) is 2.06. The molecule has 1 aliphatic rings. The third-order valence-electron chi connectivity index (χ3n) is 2.61. The van der Waals surface area contributed by atoms with E-state index in [1.807, 2.05) is 13.0 Å². The number of halogens is 1. The fourth-order valence-corrected chi connectivity index (χ4v) is 2.19. The van der Waals surface area contributed by atoms with Crippen LogP contribution in [0, 0.1) is 0 Å². The zero-order valence-corrected chi connectivity index (χ0v) is 10.1. The predicted molar refractivity (Wildman–Crippen MR) is 63.5 cm³/mol. The van der Waals surface area contributed by atoms with Gasteiger partial charge < -0.3 is 10.1 Å². The maximum absolute atomic E-state index is 11.7. The summed E-state index contributed by atoms with van der Waals surface area (Å²) < 4.78 is 5.57. The summed E-state index contributed by atoms with van der Waals surface area (Å²) in [6.45, 7) is 2.32. The van der Waals surface area contributed by atoms with E-state index in [-0.39, 0.29) is 11.9 Å². The van der Waals surface area contributed by atoms with Gasteiger partial charge in [0.1, 0.15) is 11.9 Å². The van der Waals surface area contributed by atoms with Crippen LogP contribution in [0.15, 0.2) is 12.1 Å². The smallest absolute Gasteiger partial charge is 0.176 e. The van der Waals surface area contributed by atoms with Crippen molar-refractivity contribution < 1.29 is 9.53 Å². The lowest BCUT2D eigenvalue weighted by molar-refractivity contribution is 0.0993. The summed E-state index contributed by atoms with van der Waals surface area (Å²) in [6, 6.07) is 3.56. The third-order valence-corrected chi connectivity index (χ3v) is 2.89. The molecule has 3 nitrogen and oxygen atoms in total. The highest BCUT2D eigenvalue weighted by Crippen LogP contribution is 2.36. The number of Topliss-reactive ketones (excluding diaryl/α,β-unsaturated/α-hetero) is 1. The monoisotopic (exact) mass is 239 g/mol. The van der Waals surface area contributed by atoms with Crippen molar-refractivity contribution in [1.29, 1.82) is 0 Å². The molecular weight excluding hydrogens is 226 g/mol. The van der Waals surface area contributed by atoms with Gasteiger partial charge in [-0.25, -0.2) is 0 Å². The van der Waals surface area contributed by atoms with Gasteiger partial charge in [0.05, 0.1) is 11.6 Å². The summed E-state index contributed by atoms with van der Waals surface area (Å²) >= 11 is 6.09. The topological polar surface area (TPSA) is 38.3 Å². The number of carbonyl (C=O) groups is 1. The van der Waals surface area contributed by atoms with Crippen LogP contribution in [0.25, 0.3) is 0 Å². The molecule has 86 valence electrons. The molecule has 16 heavy (non-hydrogen) atoms. The molecule has 0 radical (unpaired) electrons. The number of ether oxygens (including phenoxy) is 1. The molecule has 0 spiro atoms. The molecule has 0 bridgehead atoms. The van der Waals surface area contributed by atoms with E-state index in [9.17, 15) is 4.79 Å². The molecule has 0 fully saturated rings. The lowest BCUT2D eigenvalue weighted by Gasteiger charge is -2.06. The van der Waals surface area contributed by atoms with Crippen LogP contribution in [0.4, 0.5) is 0 Å². The molecule has 1 N–H and O–H groups in total. The lowest BCUT2D eigenvalue weighted by atomic mass is 10.0. The number of hydrogen-bond acceptors (Lipinski definition) is 3. The zero-order chi connectivity index (χ0) is 11.7. The molecule has 1 aliphatic heterocycles. The van der Waals surface area contributed by atoms with E-state index in [1.54, 1.807) is 13.1 Å². The van der Waals surface area contributed by atoms with Crippen LogP contribution >= 0.6 is 11.6 Å². The first kappa shape index (κ1) is 11.4. The SMILES string of the molecule is CNCC(=O)c1cc(Cl)c2c(c1)CC(C)O2. The average molecular weight is 240 g/mol. The zero-order valence-electron chi connectivity index (χ0n) is 9.34. The van der Waals surface area contributed by atoms with E-state index in [0.29, 0.717) is 17.1 Å². The first-order valence-electron chi connectivity index (χ1n) is 5.28. The standard InChI is InChI=1S/C12H14ClNO2/c1-7-3-9-4-8(11(15)6-14-2)5-10(13)12(9)16-7/h4-5,7,14H,3,6H2,1-2H3. The minimum Gasteiger partial charge on any atom is -0.489 e. The van der Waals surface area contributed by atoms with Crippen molar-refractivity contribution in [2.45, 2.75) is 19.4 Å². The molecule has 0 aliphatic carbocycles. The highest BCUT2D eigenvalue weighted by molar-refractivity contribution is 6.32. The van der Waals surface area contributed by atoms with Gasteiger partial charge in [0.25, 0.3) is 0 Å². The first-order chi connectivity index (χ1) is 7.61. The number of hydrogen-bond donors (Lipinski definition) is 1. The Bertz CT molecular complexity index is 431. The highest BCUT2D eigenvalue weighted by atomic mass is 35.5. The average Bonchev–Trinajstić information content (AvgIpc) is 2.59. The summed E-state index contributed by atoms with van der Waals surface area (Å²) in [7, 11) is 1.75. The maximum Gasteiger partial charge on any atom is 0.176 e. The Morgan fingerprint density at radius 2 is 2.38 bits per heavy atom. The summed E-state index contributed by atoms with van der Waals surface area (Å²) in [4.78, 5) is 11.7. The summed E-state index contributed by atoms with van der Waals surface area (Å²) in [5, 5.41) is 3.37. The van der Waals surface area contributed by atoms with Crippen LogP contribution in [0.5, 0.6) is 5.75 Å². The second-order valence-electron chi connectivity index (χ2n) is 4.03. The van der Waals surface area contributed by atoms with Gasteiger partial charge in [0.2, 0.25) is 0 Å². The fourth-order valence-electron chi connectivity index (χ4n) is 1.91. The highest BCUT2D eigenvalue weighted by Gasteiger charge is 2.23. The normalized spacial score (nSPS) is 18.1. The van der Waals surface area contributed by atoms with E-state index >= 15 is 0 Å². The van der Waals surface area contributed by atoms with Gasteiger partial charge >= 0.3 is 0 Å². The molecule has 1 atom stereocenters. The second kappa shape index (κ2) is 4.44. The number of benzene rings is 1. The minimum atomic E-state index is 0.0479. The van der Waals surface area contributed by atoms with Gasteiger partial charge in [-0.3, -0.25) is 4.79 Å². The molecule has 1 heterocycles. The van der Waals surface area contributed by atoms with Crippen LogP contribution in [-0.4, -0.2) is 25.5 Å². The Kier molecular flexibility index (Phi) is 3.17. The fraction of sp³-hybridized carbons (Fsp3) is 0.417.